The lowest BCUT2D eigenvalue weighted by Crippen LogP contribution is -2.49. The molecule has 0 unspecified atom stereocenters. The summed E-state index contributed by atoms with van der Waals surface area (Å²) in [6.07, 6.45) is -0.883. The molecule has 1 aliphatic heterocycles. The van der Waals surface area contributed by atoms with E-state index in [1.165, 1.54) is 0 Å². The zero-order valence-electron chi connectivity index (χ0n) is 16.9. The molecule has 0 saturated carbocycles. The van der Waals surface area contributed by atoms with Gasteiger partial charge in [-0.3, -0.25) is 14.3 Å². The summed E-state index contributed by atoms with van der Waals surface area (Å²) in [5, 5.41) is 11.8. The van der Waals surface area contributed by atoms with E-state index in [4.69, 9.17) is 19.9 Å². The highest BCUT2D eigenvalue weighted by atomic mass is 16.6. The van der Waals surface area contributed by atoms with Crippen LogP contribution < -0.4 is 21.0 Å². The summed E-state index contributed by atoms with van der Waals surface area (Å²) in [4.78, 5) is 19.3. The molecule has 1 aliphatic rings. The van der Waals surface area contributed by atoms with Crippen molar-refractivity contribution in [1.29, 1.82) is 0 Å². The van der Waals surface area contributed by atoms with Crippen LogP contribution in [0.25, 0.3) is 11.2 Å². The number of imidazole rings is 1. The molecule has 156 valence electrons. The molecule has 0 bridgehead atoms. The first-order valence-corrected chi connectivity index (χ1v) is 9.61. The van der Waals surface area contributed by atoms with Gasteiger partial charge in [-0.15, -0.1) is 6.61 Å². The molecule has 2 aromatic heterocycles. The van der Waals surface area contributed by atoms with E-state index in [-0.39, 0.29) is 23.7 Å². The number of rotatable bonds is 7. The summed E-state index contributed by atoms with van der Waals surface area (Å²) >= 11 is 0. The molecule has 1 saturated heterocycles. The van der Waals surface area contributed by atoms with Gasteiger partial charge in [0.1, 0.15) is 12.2 Å². The quantitative estimate of drug-likeness (QED) is 0.602. The minimum Gasteiger partial charge on any atom is -0.853 e. The number of aromatic amines is 1. The van der Waals surface area contributed by atoms with Gasteiger partial charge in [-0.1, -0.05) is 4.98 Å². The number of nitrogens with one attached hydrogen (secondary N) is 1. The van der Waals surface area contributed by atoms with Gasteiger partial charge in [0.15, 0.2) is 6.33 Å². The van der Waals surface area contributed by atoms with E-state index in [2.05, 4.69) is 9.97 Å². The Kier molecular flexibility index (Phi) is 6.04. The molecular formula is C18H29N5O5. The van der Waals surface area contributed by atoms with Crippen molar-refractivity contribution in [2.45, 2.75) is 77.9 Å². The lowest BCUT2D eigenvalue weighted by atomic mass is 10.1. The summed E-state index contributed by atoms with van der Waals surface area (Å²) in [6, 6.07) is 0. The van der Waals surface area contributed by atoms with Crippen molar-refractivity contribution >= 4 is 17.1 Å². The van der Waals surface area contributed by atoms with E-state index in [0.717, 1.165) is 0 Å². The van der Waals surface area contributed by atoms with Gasteiger partial charge in [0, 0.05) is 0 Å². The zero-order valence-corrected chi connectivity index (χ0v) is 16.9. The molecule has 1 fully saturated rings. The van der Waals surface area contributed by atoms with Gasteiger partial charge >= 0.3 is 5.65 Å². The number of nitrogens with zero attached hydrogens (tertiary/aromatic N) is 3. The lowest BCUT2D eigenvalue weighted by molar-refractivity contribution is -0.747. The third-order valence-electron chi connectivity index (χ3n) is 4.61. The Hall–Kier alpha value is -2.01. The van der Waals surface area contributed by atoms with E-state index in [0.29, 0.717) is 17.7 Å². The van der Waals surface area contributed by atoms with Crippen LogP contribution in [-0.4, -0.2) is 51.7 Å². The van der Waals surface area contributed by atoms with Crippen molar-refractivity contribution in [3.05, 3.63) is 16.7 Å². The van der Waals surface area contributed by atoms with E-state index in [1.807, 2.05) is 34.6 Å². The number of aromatic nitrogens is 4. The van der Waals surface area contributed by atoms with Crippen LogP contribution in [0, 0.1) is 0 Å². The molecule has 0 aromatic carbocycles. The van der Waals surface area contributed by atoms with Crippen molar-refractivity contribution in [1.82, 2.24) is 14.5 Å². The third-order valence-corrected chi connectivity index (χ3v) is 4.61. The molecule has 3 heterocycles. The maximum absolute atomic E-state index is 12.4. The number of fused-ring (bicyclic) bond motifs is 1. The maximum atomic E-state index is 12.4. The van der Waals surface area contributed by atoms with Crippen LogP contribution in [0.1, 0.15) is 40.8 Å². The van der Waals surface area contributed by atoms with E-state index >= 15 is 0 Å². The fraction of sp³-hybridized carbons (Fsp3) is 0.722. The van der Waals surface area contributed by atoms with Crippen LogP contribution in [0.3, 0.4) is 0 Å². The van der Waals surface area contributed by atoms with Crippen molar-refractivity contribution in [2.24, 2.45) is 0 Å². The second kappa shape index (κ2) is 8.16. The van der Waals surface area contributed by atoms with E-state index in [9.17, 15) is 9.90 Å². The van der Waals surface area contributed by atoms with Gasteiger partial charge in [0.05, 0.1) is 24.9 Å². The number of hydrogen-bond donors (Lipinski definition) is 2. The van der Waals surface area contributed by atoms with Gasteiger partial charge in [0.25, 0.3) is 11.5 Å². The molecule has 28 heavy (non-hydrogen) atoms. The highest BCUT2D eigenvalue weighted by Crippen LogP contribution is 2.32. The summed E-state index contributed by atoms with van der Waals surface area (Å²) in [5.74, 6) is 0.00906. The van der Waals surface area contributed by atoms with E-state index in [1.54, 1.807) is 15.5 Å². The van der Waals surface area contributed by atoms with Gasteiger partial charge in [-0.2, -0.15) is 0 Å². The van der Waals surface area contributed by atoms with Crippen molar-refractivity contribution < 1.29 is 23.9 Å². The Morgan fingerprint density at radius 1 is 1.32 bits per heavy atom. The van der Waals surface area contributed by atoms with Crippen LogP contribution >= 0.6 is 0 Å². The minimum atomic E-state index is -0.678. The molecule has 0 radical (unpaired) electrons. The average Bonchev–Trinajstić information content (AvgIpc) is 3.12. The normalized spacial score (nSPS) is 25.4. The Morgan fingerprint density at radius 2 is 1.96 bits per heavy atom. The summed E-state index contributed by atoms with van der Waals surface area (Å²) < 4.78 is 21.6. The summed E-state index contributed by atoms with van der Waals surface area (Å²) in [6.45, 7) is 9.64. The summed E-state index contributed by atoms with van der Waals surface area (Å²) in [7, 11) is 0. The van der Waals surface area contributed by atoms with Crippen molar-refractivity contribution in [2.75, 3.05) is 12.3 Å². The van der Waals surface area contributed by atoms with Crippen LogP contribution in [-0.2, 0) is 20.8 Å². The molecule has 3 N–H and O–H groups in total. The zero-order chi connectivity index (χ0) is 20.6. The van der Waals surface area contributed by atoms with Crippen LogP contribution in [0.15, 0.2) is 11.1 Å². The van der Waals surface area contributed by atoms with Crippen molar-refractivity contribution in [3.8, 4) is 0 Å². The topological polar surface area (TPSA) is 131 Å². The van der Waals surface area contributed by atoms with Crippen LogP contribution in [0.4, 0.5) is 5.95 Å². The SMILES string of the molecule is CCn1c[n+]([C@@H]2O[C@H](C[O-])[C@@H](OC(C)C)[C@H]2OC(C)C)c2nc(N)[nH]c(=O)c21. The molecule has 10 nitrogen and oxygen atoms in total. The first-order chi connectivity index (χ1) is 13.3. The largest absolute Gasteiger partial charge is 0.853 e. The summed E-state index contributed by atoms with van der Waals surface area (Å²) in [5.41, 5.74) is 6.19. The van der Waals surface area contributed by atoms with Crippen LogP contribution in [0.5, 0.6) is 0 Å². The van der Waals surface area contributed by atoms with Gasteiger partial charge < -0.3 is 25.1 Å². The Bertz CT molecular complexity index is 877. The number of hydrogen-bond acceptors (Lipinski definition) is 7. The molecule has 2 aromatic rings. The monoisotopic (exact) mass is 395 g/mol. The highest BCUT2D eigenvalue weighted by molar-refractivity contribution is 5.67. The molecule has 0 spiro atoms. The maximum Gasteiger partial charge on any atom is 0.313 e. The van der Waals surface area contributed by atoms with Gasteiger partial charge in [-0.25, -0.2) is 4.57 Å². The van der Waals surface area contributed by atoms with Gasteiger partial charge in [0.2, 0.25) is 11.7 Å². The second-order valence-electron chi connectivity index (χ2n) is 7.46. The Labute approximate surface area is 163 Å². The molecule has 3 rings (SSSR count). The minimum absolute atomic E-state index is 0.00906. The van der Waals surface area contributed by atoms with Crippen molar-refractivity contribution in [3.63, 3.8) is 0 Å². The second-order valence-corrected chi connectivity index (χ2v) is 7.46. The first kappa shape index (κ1) is 20.7. The highest BCUT2D eigenvalue weighted by Gasteiger charge is 2.49. The number of H-pyrrole nitrogens is 1. The number of aryl methyl sites for hydroxylation is 1. The average molecular weight is 395 g/mol. The Morgan fingerprint density at radius 3 is 2.54 bits per heavy atom. The standard InChI is InChI=1S/C18H29N5O5/c1-6-22-8-23(15-12(22)16(25)21-18(19)20-15)17-14(27-10(4)5)13(26-9(2)3)11(7-24)28-17/h8-11,13-14,17H,6-7H2,1-5H3,(H3,19,20,21,25)/t11-,13-,14-,17-/m1/s1. The first-order valence-electron chi connectivity index (χ1n) is 9.61. The molecular weight excluding hydrogens is 366 g/mol. The number of nitrogens with two attached hydrogens (primary N) is 1. The predicted molar refractivity (Wildman–Crippen MR) is 99.4 cm³/mol. The number of ether oxygens (including phenoxy) is 3. The lowest BCUT2D eigenvalue weighted by Gasteiger charge is -2.28. The fourth-order valence-corrected chi connectivity index (χ4v) is 3.60. The number of nitrogen functional groups attached to an aromatic ring is 1. The molecule has 4 atom stereocenters. The third kappa shape index (κ3) is 3.77. The van der Waals surface area contributed by atoms with E-state index < -0.39 is 31.1 Å². The van der Waals surface area contributed by atoms with Crippen LogP contribution in [0.2, 0.25) is 0 Å². The Balaban J connectivity index is 2.13. The fourth-order valence-electron chi connectivity index (χ4n) is 3.60. The smallest absolute Gasteiger partial charge is 0.313 e. The molecule has 0 aliphatic carbocycles. The molecule has 0 amide bonds. The number of anilines is 1. The predicted octanol–water partition coefficient (Wildman–Crippen LogP) is -0.541. The van der Waals surface area contributed by atoms with Gasteiger partial charge in [-0.05, 0) is 34.6 Å². The molecule has 10 heteroatoms.